The van der Waals surface area contributed by atoms with Crippen LogP contribution in [0.4, 0.5) is 0 Å². The van der Waals surface area contributed by atoms with Gasteiger partial charge in [-0.3, -0.25) is 0 Å². The zero-order valence-electron chi connectivity index (χ0n) is 7.46. The first-order valence-electron chi connectivity index (χ1n) is 3.82. The molecule has 11 heavy (non-hydrogen) atoms. The minimum absolute atomic E-state index is 0.688. The molecule has 64 valence electrons. The van der Waals surface area contributed by atoms with Crippen LogP contribution < -0.4 is 11.5 Å². The molecule has 3 heteroatoms. The third kappa shape index (κ3) is 2.98. The van der Waals surface area contributed by atoms with Crippen LogP contribution in [0.25, 0.3) is 0 Å². The monoisotopic (exact) mass is 155 g/mol. The van der Waals surface area contributed by atoms with Gasteiger partial charge in [0.25, 0.3) is 0 Å². The van der Waals surface area contributed by atoms with Crippen molar-refractivity contribution in [1.29, 1.82) is 0 Å². The molecule has 1 aliphatic heterocycles. The topological polar surface area (TPSA) is 55.3 Å². The van der Waals surface area contributed by atoms with Gasteiger partial charge in [-0.1, -0.05) is 13.8 Å². The maximum absolute atomic E-state index is 5.53. The highest BCUT2D eigenvalue weighted by atomic mass is 15.1. The van der Waals surface area contributed by atoms with Crippen LogP contribution >= 0.6 is 0 Å². The van der Waals surface area contributed by atoms with E-state index in [2.05, 4.69) is 0 Å². The van der Waals surface area contributed by atoms with Gasteiger partial charge in [0.05, 0.1) is 17.9 Å². The minimum atomic E-state index is 0.688. The molecule has 0 radical (unpaired) electrons. The summed E-state index contributed by atoms with van der Waals surface area (Å²) in [5.41, 5.74) is 12.5. The van der Waals surface area contributed by atoms with Crippen LogP contribution in [-0.2, 0) is 0 Å². The van der Waals surface area contributed by atoms with E-state index in [1.54, 1.807) is 6.08 Å². The van der Waals surface area contributed by atoms with Gasteiger partial charge in [-0.25, -0.2) is 0 Å². The Kier molecular flexibility index (Phi) is 4.18. The van der Waals surface area contributed by atoms with E-state index in [0.717, 1.165) is 12.2 Å². The Bertz CT molecular complexity index is 170. The predicted octanol–water partition coefficient (Wildman–Crippen LogP) is 0.601. The minimum Gasteiger partial charge on any atom is -0.399 e. The van der Waals surface area contributed by atoms with Gasteiger partial charge in [0.15, 0.2) is 0 Å². The lowest BCUT2D eigenvalue weighted by Gasteiger charge is -2.18. The van der Waals surface area contributed by atoms with Crippen molar-refractivity contribution in [3.8, 4) is 0 Å². The summed E-state index contributed by atoms with van der Waals surface area (Å²) in [6, 6.07) is 0. The molecule has 0 atom stereocenters. The van der Waals surface area contributed by atoms with Gasteiger partial charge in [-0.05, 0) is 6.08 Å². The summed E-state index contributed by atoms with van der Waals surface area (Å²) in [7, 11) is 1.95. The maximum Gasteiger partial charge on any atom is 0.0586 e. The summed E-state index contributed by atoms with van der Waals surface area (Å²) >= 11 is 0. The van der Waals surface area contributed by atoms with Crippen molar-refractivity contribution in [2.24, 2.45) is 11.5 Å². The zero-order valence-corrected chi connectivity index (χ0v) is 7.46. The van der Waals surface area contributed by atoms with Crippen molar-refractivity contribution >= 4 is 0 Å². The Morgan fingerprint density at radius 3 is 2.27 bits per heavy atom. The first kappa shape index (κ1) is 9.88. The van der Waals surface area contributed by atoms with Gasteiger partial charge in [0, 0.05) is 13.2 Å². The smallest absolute Gasteiger partial charge is 0.0586 e. The molecule has 1 rings (SSSR count). The van der Waals surface area contributed by atoms with Crippen LogP contribution in [0.3, 0.4) is 0 Å². The Morgan fingerprint density at radius 1 is 1.36 bits per heavy atom. The van der Waals surface area contributed by atoms with Crippen LogP contribution in [0.1, 0.15) is 13.8 Å². The van der Waals surface area contributed by atoms with Crippen LogP contribution in [0.2, 0.25) is 0 Å². The number of hydrogen-bond acceptors (Lipinski definition) is 3. The fourth-order valence-corrected chi connectivity index (χ4v) is 0.727. The first-order valence-corrected chi connectivity index (χ1v) is 3.82. The average Bonchev–Trinajstić information content (AvgIpc) is 2.02. The van der Waals surface area contributed by atoms with Crippen LogP contribution in [0, 0.1) is 0 Å². The third-order valence-corrected chi connectivity index (χ3v) is 1.30. The van der Waals surface area contributed by atoms with E-state index in [1.807, 2.05) is 32.0 Å². The third-order valence-electron chi connectivity index (χ3n) is 1.30. The van der Waals surface area contributed by atoms with Gasteiger partial charge >= 0.3 is 0 Å². The van der Waals surface area contributed by atoms with E-state index in [1.165, 1.54) is 0 Å². The second kappa shape index (κ2) is 4.66. The molecule has 0 saturated carbocycles. The van der Waals surface area contributed by atoms with Gasteiger partial charge in [0.1, 0.15) is 0 Å². The van der Waals surface area contributed by atoms with E-state index in [9.17, 15) is 0 Å². The summed E-state index contributed by atoms with van der Waals surface area (Å²) < 4.78 is 0. The van der Waals surface area contributed by atoms with Crippen molar-refractivity contribution in [2.75, 3.05) is 13.6 Å². The molecule has 0 bridgehead atoms. The maximum atomic E-state index is 5.53. The molecule has 0 spiro atoms. The molecular weight excluding hydrogens is 138 g/mol. The highest BCUT2D eigenvalue weighted by Gasteiger charge is 2.02. The second-order valence-electron chi connectivity index (χ2n) is 2.21. The van der Waals surface area contributed by atoms with Crippen molar-refractivity contribution in [1.82, 2.24) is 4.90 Å². The van der Waals surface area contributed by atoms with Crippen molar-refractivity contribution in [3.05, 3.63) is 23.7 Å². The number of hydrogen-bond donors (Lipinski definition) is 2. The fraction of sp³-hybridized carbons (Fsp3) is 0.500. The molecule has 0 fully saturated rings. The summed E-state index contributed by atoms with van der Waals surface area (Å²) in [5, 5.41) is 0. The normalized spacial score (nSPS) is 16.1. The molecule has 0 unspecified atom stereocenters. The van der Waals surface area contributed by atoms with Gasteiger partial charge in [-0.2, -0.15) is 0 Å². The van der Waals surface area contributed by atoms with E-state index in [-0.39, 0.29) is 0 Å². The van der Waals surface area contributed by atoms with Gasteiger partial charge in [0.2, 0.25) is 0 Å². The van der Waals surface area contributed by atoms with Crippen LogP contribution in [0.15, 0.2) is 23.7 Å². The first-order chi connectivity index (χ1) is 5.20. The summed E-state index contributed by atoms with van der Waals surface area (Å²) in [5.74, 6) is 0. The highest BCUT2D eigenvalue weighted by molar-refractivity contribution is 5.24. The lowest BCUT2D eigenvalue weighted by molar-refractivity contribution is 0.484. The van der Waals surface area contributed by atoms with E-state index in [4.69, 9.17) is 11.5 Å². The lowest BCUT2D eigenvalue weighted by atomic mass is 10.2. The molecule has 1 heterocycles. The van der Waals surface area contributed by atoms with Crippen molar-refractivity contribution < 1.29 is 0 Å². The van der Waals surface area contributed by atoms with Crippen molar-refractivity contribution in [2.45, 2.75) is 13.8 Å². The van der Waals surface area contributed by atoms with Crippen LogP contribution in [0.5, 0.6) is 0 Å². The summed E-state index contributed by atoms with van der Waals surface area (Å²) in [6.07, 6.45) is 3.71. The SMILES string of the molecule is CC.CN1C=CC(N)=C(N)C1. The van der Waals surface area contributed by atoms with E-state index in [0.29, 0.717) is 5.70 Å². The number of nitrogens with two attached hydrogens (primary N) is 2. The molecule has 4 N–H and O–H groups in total. The Balaban J connectivity index is 0.000000461. The standard InChI is InChI=1S/C6H11N3.C2H6/c1-9-3-2-5(7)6(8)4-9;1-2/h2-3H,4,7-8H2,1H3;1-2H3. The number of nitrogens with zero attached hydrogens (tertiary/aromatic N) is 1. The van der Waals surface area contributed by atoms with Crippen molar-refractivity contribution in [3.63, 3.8) is 0 Å². The van der Waals surface area contributed by atoms with Crippen LogP contribution in [-0.4, -0.2) is 18.5 Å². The highest BCUT2D eigenvalue weighted by Crippen LogP contribution is 2.02. The predicted molar refractivity (Wildman–Crippen MR) is 48.5 cm³/mol. The zero-order chi connectivity index (χ0) is 8.85. The van der Waals surface area contributed by atoms with E-state index < -0.39 is 0 Å². The van der Waals surface area contributed by atoms with Gasteiger partial charge < -0.3 is 16.4 Å². The summed E-state index contributed by atoms with van der Waals surface area (Å²) in [6.45, 7) is 4.74. The fourth-order valence-electron chi connectivity index (χ4n) is 0.727. The molecule has 0 amide bonds. The number of likely N-dealkylation sites (N-methyl/N-ethyl adjacent to an activating group) is 1. The number of allylic oxidation sites excluding steroid dienone is 1. The molecule has 0 aliphatic carbocycles. The second-order valence-corrected chi connectivity index (χ2v) is 2.21. The largest absolute Gasteiger partial charge is 0.399 e. The lowest BCUT2D eigenvalue weighted by Crippen LogP contribution is -2.25. The molecule has 0 saturated heterocycles. The molecular formula is C8H17N3. The average molecular weight is 155 g/mol. The Labute approximate surface area is 68.4 Å². The number of rotatable bonds is 0. The summed E-state index contributed by atoms with van der Waals surface area (Å²) in [4.78, 5) is 1.98. The molecule has 0 aromatic carbocycles. The van der Waals surface area contributed by atoms with Gasteiger partial charge in [-0.15, -0.1) is 0 Å². The quantitative estimate of drug-likeness (QED) is 0.538. The Hall–Kier alpha value is -1.12. The molecule has 0 aromatic rings. The Morgan fingerprint density at radius 2 is 1.91 bits per heavy atom. The van der Waals surface area contributed by atoms with E-state index >= 15 is 0 Å². The molecule has 1 aliphatic rings. The molecule has 3 nitrogen and oxygen atoms in total. The molecule has 0 aromatic heterocycles.